The molecule has 0 N–H and O–H groups in total. The van der Waals surface area contributed by atoms with Gasteiger partial charge in [0.05, 0.1) is 0 Å². The summed E-state index contributed by atoms with van der Waals surface area (Å²) in [5.74, 6) is -0.976. The molecule has 1 unspecified atom stereocenters. The van der Waals surface area contributed by atoms with Gasteiger partial charge < -0.3 is 14.2 Å². The SMILES string of the molecule is CCCC/C=C\C=C/CCCCCC(=O)OC(COC(=O)CCCCCC/C=C\CCCC)COC(=O)CCCCCCC\C=C/C=C\C=C/C=C\CCCCC. The zero-order chi connectivity index (χ0) is 41.5. The Hall–Kier alpha value is -3.41. The van der Waals surface area contributed by atoms with Gasteiger partial charge in [-0.3, -0.25) is 14.4 Å². The highest BCUT2D eigenvalue weighted by molar-refractivity contribution is 5.71. The van der Waals surface area contributed by atoms with E-state index in [0.717, 1.165) is 116 Å². The summed E-state index contributed by atoms with van der Waals surface area (Å²) < 4.78 is 16.6. The molecule has 0 bridgehead atoms. The van der Waals surface area contributed by atoms with E-state index in [1.54, 1.807) is 0 Å². The minimum absolute atomic E-state index is 0.103. The molecule has 324 valence electrons. The van der Waals surface area contributed by atoms with Gasteiger partial charge in [0.15, 0.2) is 6.10 Å². The van der Waals surface area contributed by atoms with E-state index in [1.165, 1.54) is 44.9 Å². The maximum atomic E-state index is 12.7. The van der Waals surface area contributed by atoms with E-state index < -0.39 is 6.10 Å². The van der Waals surface area contributed by atoms with E-state index in [1.807, 2.05) is 0 Å². The molecule has 0 aliphatic rings. The van der Waals surface area contributed by atoms with Crippen LogP contribution in [0.15, 0.2) is 85.1 Å². The maximum Gasteiger partial charge on any atom is 0.306 e. The van der Waals surface area contributed by atoms with Crippen molar-refractivity contribution in [1.29, 1.82) is 0 Å². The van der Waals surface area contributed by atoms with E-state index in [2.05, 4.69) is 106 Å². The Morgan fingerprint density at radius 1 is 0.351 bits per heavy atom. The normalized spacial score (nSPS) is 12.8. The fourth-order valence-electron chi connectivity index (χ4n) is 5.88. The van der Waals surface area contributed by atoms with Crippen LogP contribution >= 0.6 is 0 Å². The maximum absolute atomic E-state index is 12.7. The van der Waals surface area contributed by atoms with E-state index in [4.69, 9.17) is 14.2 Å². The lowest BCUT2D eigenvalue weighted by Gasteiger charge is -2.18. The molecule has 0 aliphatic heterocycles. The van der Waals surface area contributed by atoms with Gasteiger partial charge in [0.25, 0.3) is 0 Å². The summed E-state index contributed by atoms with van der Waals surface area (Å²) in [6.45, 7) is 6.42. The fourth-order valence-corrected chi connectivity index (χ4v) is 5.88. The van der Waals surface area contributed by atoms with E-state index >= 15 is 0 Å². The van der Waals surface area contributed by atoms with Crippen LogP contribution in [-0.4, -0.2) is 37.2 Å². The molecule has 0 rings (SSSR count). The first-order valence-corrected chi connectivity index (χ1v) is 23.2. The first-order chi connectivity index (χ1) is 28.0. The molecule has 0 aromatic rings. The van der Waals surface area contributed by atoms with Crippen molar-refractivity contribution in [3.8, 4) is 0 Å². The molecule has 0 heterocycles. The summed E-state index contributed by atoms with van der Waals surface area (Å²) in [5, 5.41) is 0. The lowest BCUT2D eigenvalue weighted by molar-refractivity contribution is -0.167. The van der Waals surface area contributed by atoms with Crippen LogP contribution in [0.4, 0.5) is 0 Å². The molecule has 6 nitrogen and oxygen atoms in total. The first kappa shape index (κ1) is 53.6. The molecule has 0 radical (unpaired) electrons. The molecule has 0 spiro atoms. The Labute approximate surface area is 350 Å². The summed E-state index contributed by atoms with van der Waals surface area (Å²) in [6.07, 6.45) is 57.1. The quantitative estimate of drug-likeness (QED) is 0.0202. The van der Waals surface area contributed by atoms with Crippen LogP contribution < -0.4 is 0 Å². The second kappa shape index (κ2) is 45.3. The van der Waals surface area contributed by atoms with Crippen LogP contribution in [0, 0.1) is 0 Å². The molecule has 0 saturated heterocycles. The molecule has 6 heteroatoms. The Balaban J connectivity index is 4.45. The molecular formula is C51H84O6. The van der Waals surface area contributed by atoms with Gasteiger partial charge in [-0.15, -0.1) is 0 Å². The lowest BCUT2D eigenvalue weighted by atomic mass is 10.1. The number of hydrogen-bond donors (Lipinski definition) is 0. The van der Waals surface area contributed by atoms with E-state index in [9.17, 15) is 14.4 Å². The van der Waals surface area contributed by atoms with Crippen LogP contribution in [0.25, 0.3) is 0 Å². The molecule has 0 aromatic heterocycles. The third kappa shape index (κ3) is 43.6. The van der Waals surface area contributed by atoms with Crippen molar-refractivity contribution in [2.75, 3.05) is 13.2 Å². The lowest BCUT2D eigenvalue weighted by Crippen LogP contribution is -2.30. The van der Waals surface area contributed by atoms with Crippen LogP contribution in [0.1, 0.15) is 201 Å². The summed E-state index contributed by atoms with van der Waals surface area (Å²) in [4.78, 5) is 37.7. The van der Waals surface area contributed by atoms with Gasteiger partial charge in [-0.1, -0.05) is 183 Å². The average molecular weight is 793 g/mol. The monoisotopic (exact) mass is 793 g/mol. The Morgan fingerprint density at radius 2 is 0.667 bits per heavy atom. The highest BCUT2D eigenvalue weighted by atomic mass is 16.6. The van der Waals surface area contributed by atoms with Crippen molar-refractivity contribution < 1.29 is 28.6 Å². The number of ether oxygens (including phenoxy) is 3. The number of esters is 3. The van der Waals surface area contributed by atoms with E-state index in [-0.39, 0.29) is 37.5 Å². The second-order valence-corrected chi connectivity index (χ2v) is 15.1. The number of unbranched alkanes of at least 4 members (excludes halogenated alkanes) is 19. The van der Waals surface area contributed by atoms with Crippen molar-refractivity contribution in [3.63, 3.8) is 0 Å². The van der Waals surface area contributed by atoms with Crippen LogP contribution in [0.2, 0.25) is 0 Å². The number of hydrogen-bond acceptors (Lipinski definition) is 6. The van der Waals surface area contributed by atoms with Crippen molar-refractivity contribution >= 4 is 17.9 Å². The number of allylic oxidation sites excluding steroid dienone is 14. The predicted octanol–water partition coefficient (Wildman–Crippen LogP) is 14.9. The summed E-state index contributed by atoms with van der Waals surface area (Å²) >= 11 is 0. The van der Waals surface area contributed by atoms with Gasteiger partial charge in [0, 0.05) is 19.3 Å². The van der Waals surface area contributed by atoms with Gasteiger partial charge in [0.1, 0.15) is 13.2 Å². The van der Waals surface area contributed by atoms with Crippen molar-refractivity contribution in [3.05, 3.63) is 85.1 Å². The highest BCUT2D eigenvalue weighted by Gasteiger charge is 2.19. The Bertz CT molecular complexity index is 1140. The molecule has 1 atom stereocenters. The topological polar surface area (TPSA) is 78.9 Å². The standard InChI is InChI=1S/C51H84O6/c1-4-7-10-13-16-19-22-23-24-25-26-27-28-30-32-35-38-41-44-50(53)56-47-48(46-55-49(52)43-40-37-34-31-21-18-15-12-9-6-3)57-51(54)45-42-39-36-33-29-20-17-14-11-8-5-2/h14-20,22-27,29,48H,4-13,21,28,30-47H2,1-3H3/b17-14-,18-15-,19-16-,23-22-,25-24-,27-26-,29-20-. The van der Waals surface area contributed by atoms with Gasteiger partial charge >= 0.3 is 17.9 Å². The molecule has 0 aliphatic carbocycles. The third-order valence-corrected chi connectivity index (χ3v) is 9.46. The number of rotatable bonds is 40. The molecule has 0 amide bonds. The Morgan fingerprint density at radius 3 is 1.14 bits per heavy atom. The van der Waals surface area contributed by atoms with Crippen LogP contribution in [0.5, 0.6) is 0 Å². The van der Waals surface area contributed by atoms with Crippen LogP contribution in [-0.2, 0) is 28.6 Å². The molecule has 57 heavy (non-hydrogen) atoms. The summed E-state index contributed by atoms with van der Waals surface area (Å²) in [6, 6.07) is 0. The minimum atomic E-state index is -0.802. The van der Waals surface area contributed by atoms with Crippen molar-refractivity contribution in [2.45, 2.75) is 207 Å². The van der Waals surface area contributed by atoms with Gasteiger partial charge in [-0.25, -0.2) is 0 Å². The molecule has 0 aromatic carbocycles. The zero-order valence-corrected chi connectivity index (χ0v) is 36.8. The summed E-state index contributed by atoms with van der Waals surface area (Å²) in [5.41, 5.74) is 0. The molecule has 0 saturated carbocycles. The molecular weight excluding hydrogens is 709 g/mol. The highest BCUT2D eigenvalue weighted by Crippen LogP contribution is 2.12. The minimum Gasteiger partial charge on any atom is -0.462 e. The third-order valence-electron chi connectivity index (χ3n) is 9.46. The predicted molar refractivity (Wildman–Crippen MR) is 242 cm³/mol. The summed E-state index contributed by atoms with van der Waals surface area (Å²) in [7, 11) is 0. The first-order valence-electron chi connectivity index (χ1n) is 23.2. The molecule has 0 fully saturated rings. The largest absolute Gasteiger partial charge is 0.462 e. The number of carbonyl (C=O) groups is 3. The number of carbonyl (C=O) groups excluding carboxylic acids is 3. The van der Waals surface area contributed by atoms with Crippen molar-refractivity contribution in [1.82, 2.24) is 0 Å². The second-order valence-electron chi connectivity index (χ2n) is 15.1. The zero-order valence-electron chi connectivity index (χ0n) is 36.8. The Kier molecular flexibility index (Phi) is 42.6. The van der Waals surface area contributed by atoms with Crippen LogP contribution in [0.3, 0.4) is 0 Å². The fraction of sp³-hybridized carbons (Fsp3) is 0.667. The smallest absolute Gasteiger partial charge is 0.306 e. The average Bonchev–Trinajstić information content (AvgIpc) is 3.21. The van der Waals surface area contributed by atoms with Gasteiger partial charge in [0.2, 0.25) is 0 Å². The van der Waals surface area contributed by atoms with Crippen molar-refractivity contribution in [2.24, 2.45) is 0 Å². The van der Waals surface area contributed by atoms with E-state index in [0.29, 0.717) is 12.8 Å². The van der Waals surface area contributed by atoms with Gasteiger partial charge in [-0.05, 0) is 83.5 Å². The van der Waals surface area contributed by atoms with Gasteiger partial charge in [-0.2, -0.15) is 0 Å².